The highest BCUT2D eigenvalue weighted by atomic mass is 13.6. The van der Waals surface area contributed by atoms with E-state index in [2.05, 4.69) is 24.1 Å². The minimum absolute atomic E-state index is 1.08. The first-order valence-corrected chi connectivity index (χ1v) is 2.64. The average molecular weight is 91.8 g/mol. The molecule has 0 aromatic carbocycles. The SMILES string of the molecule is B/C=C/C/C=C/B. The van der Waals surface area contributed by atoms with Crippen LogP contribution in [0.3, 0.4) is 0 Å². The number of allylic oxidation sites excluding steroid dienone is 2. The van der Waals surface area contributed by atoms with E-state index in [4.69, 9.17) is 0 Å². The van der Waals surface area contributed by atoms with Gasteiger partial charge in [-0.3, -0.25) is 0 Å². The highest BCUT2D eigenvalue weighted by Crippen LogP contribution is 1.80. The zero-order valence-corrected chi connectivity index (χ0v) is 5.02. The lowest BCUT2D eigenvalue weighted by molar-refractivity contribution is 1.41. The third-order valence-electron chi connectivity index (χ3n) is 0.744. The summed E-state index contributed by atoms with van der Waals surface area (Å²) in [6.45, 7) is 0. The molecule has 0 atom stereocenters. The van der Waals surface area contributed by atoms with Crippen molar-refractivity contribution >= 4 is 15.7 Å². The number of hydrogen-bond acceptors (Lipinski definition) is 0. The van der Waals surface area contributed by atoms with Crippen LogP contribution < -0.4 is 0 Å². The molecule has 0 saturated heterocycles. The molecule has 0 rings (SSSR count). The molecular formula is C5H10B2. The van der Waals surface area contributed by atoms with Crippen LogP contribution in [-0.4, -0.2) is 15.7 Å². The van der Waals surface area contributed by atoms with Gasteiger partial charge in [0.2, 0.25) is 0 Å². The lowest BCUT2D eigenvalue weighted by Crippen LogP contribution is -1.57. The highest BCUT2D eigenvalue weighted by Gasteiger charge is 1.61. The molecule has 0 radical (unpaired) electrons. The van der Waals surface area contributed by atoms with E-state index in [0.29, 0.717) is 0 Å². The van der Waals surface area contributed by atoms with E-state index in [9.17, 15) is 0 Å². The summed E-state index contributed by atoms with van der Waals surface area (Å²) < 4.78 is 0. The van der Waals surface area contributed by atoms with E-state index in [0.717, 1.165) is 6.42 Å². The molecular weight excluding hydrogens is 81.7 g/mol. The maximum Gasteiger partial charge on any atom is 0.129 e. The molecule has 0 N–H and O–H groups in total. The van der Waals surface area contributed by atoms with Crippen LogP contribution in [0, 0.1) is 0 Å². The standard InChI is InChI=1S/C5H10B2/c6-4-2-1-3-5-7/h2-5H,1,6-7H2/b4-2+,5-3+. The molecule has 36 valence electrons. The molecule has 0 nitrogen and oxygen atoms in total. The van der Waals surface area contributed by atoms with Crippen LogP contribution in [0.25, 0.3) is 0 Å². The Hall–Kier alpha value is -0.390. The third-order valence-corrected chi connectivity index (χ3v) is 0.744. The van der Waals surface area contributed by atoms with Gasteiger partial charge in [0.25, 0.3) is 0 Å². The predicted molar refractivity (Wildman–Crippen MR) is 40.0 cm³/mol. The fourth-order valence-electron chi connectivity index (χ4n) is 0.351. The Balaban J connectivity index is 2.98. The minimum Gasteiger partial charge on any atom is -0.127 e. The van der Waals surface area contributed by atoms with Crippen molar-refractivity contribution in [2.24, 2.45) is 0 Å². The van der Waals surface area contributed by atoms with Gasteiger partial charge < -0.3 is 0 Å². The lowest BCUT2D eigenvalue weighted by atomic mass is 10.1. The van der Waals surface area contributed by atoms with E-state index in [1.54, 1.807) is 0 Å². The Morgan fingerprint density at radius 2 is 1.43 bits per heavy atom. The Kier molecular flexibility index (Phi) is 5.30. The zero-order valence-electron chi connectivity index (χ0n) is 5.02. The van der Waals surface area contributed by atoms with Gasteiger partial charge in [0.15, 0.2) is 0 Å². The molecule has 0 unspecified atom stereocenters. The molecule has 0 fully saturated rings. The van der Waals surface area contributed by atoms with Crippen LogP contribution in [0.1, 0.15) is 6.42 Å². The molecule has 0 amide bonds. The largest absolute Gasteiger partial charge is 0.129 e. The fourth-order valence-corrected chi connectivity index (χ4v) is 0.351. The summed E-state index contributed by atoms with van der Waals surface area (Å²) in [6, 6.07) is 0. The van der Waals surface area contributed by atoms with Crippen molar-refractivity contribution in [2.75, 3.05) is 0 Å². The fraction of sp³-hybridized carbons (Fsp3) is 0.200. The molecule has 0 aliphatic carbocycles. The summed E-state index contributed by atoms with van der Waals surface area (Å²) in [7, 11) is 4.06. The maximum absolute atomic E-state index is 2.12. The Labute approximate surface area is 47.1 Å². The van der Waals surface area contributed by atoms with Gasteiger partial charge in [0.1, 0.15) is 15.7 Å². The molecule has 0 aromatic heterocycles. The van der Waals surface area contributed by atoms with Gasteiger partial charge in [-0.2, -0.15) is 0 Å². The molecule has 0 saturated carbocycles. The lowest BCUT2D eigenvalue weighted by Gasteiger charge is -1.73. The summed E-state index contributed by atoms with van der Waals surface area (Å²) in [5.41, 5.74) is 0. The van der Waals surface area contributed by atoms with Crippen LogP contribution in [0.15, 0.2) is 24.1 Å². The van der Waals surface area contributed by atoms with Gasteiger partial charge in [0, 0.05) is 0 Å². The van der Waals surface area contributed by atoms with Gasteiger partial charge in [0.05, 0.1) is 0 Å². The van der Waals surface area contributed by atoms with E-state index < -0.39 is 0 Å². The molecule has 0 aromatic rings. The van der Waals surface area contributed by atoms with Crippen molar-refractivity contribution in [3.05, 3.63) is 24.1 Å². The van der Waals surface area contributed by atoms with Crippen LogP contribution in [0.4, 0.5) is 0 Å². The van der Waals surface area contributed by atoms with E-state index >= 15 is 0 Å². The first-order chi connectivity index (χ1) is 3.41. The van der Waals surface area contributed by atoms with Crippen molar-refractivity contribution in [1.29, 1.82) is 0 Å². The molecule has 0 spiro atoms. The van der Waals surface area contributed by atoms with E-state index in [-0.39, 0.29) is 0 Å². The zero-order chi connectivity index (χ0) is 5.54. The topological polar surface area (TPSA) is 0 Å². The van der Waals surface area contributed by atoms with Crippen molar-refractivity contribution in [1.82, 2.24) is 0 Å². The first-order valence-electron chi connectivity index (χ1n) is 2.64. The smallest absolute Gasteiger partial charge is 0.127 e. The number of rotatable bonds is 2. The molecule has 0 bridgehead atoms. The second kappa shape index (κ2) is 5.61. The molecule has 7 heavy (non-hydrogen) atoms. The second-order valence-corrected chi connectivity index (χ2v) is 1.37. The molecule has 0 heterocycles. The van der Waals surface area contributed by atoms with E-state index in [1.165, 1.54) is 0 Å². The van der Waals surface area contributed by atoms with E-state index in [1.807, 2.05) is 15.7 Å². The maximum atomic E-state index is 2.12. The first kappa shape index (κ1) is 6.61. The average Bonchev–Trinajstić information content (AvgIpc) is 1.69. The number of hydrogen-bond donors (Lipinski definition) is 0. The van der Waals surface area contributed by atoms with Crippen molar-refractivity contribution < 1.29 is 0 Å². The van der Waals surface area contributed by atoms with Crippen LogP contribution in [0.5, 0.6) is 0 Å². The quantitative estimate of drug-likeness (QED) is 0.409. The Morgan fingerprint density at radius 3 is 1.71 bits per heavy atom. The minimum atomic E-state index is 1.08. The van der Waals surface area contributed by atoms with Gasteiger partial charge >= 0.3 is 0 Å². The van der Waals surface area contributed by atoms with Crippen LogP contribution >= 0.6 is 0 Å². The second-order valence-electron chi connectivity index (χ2n) is 1.37. The van der Waals surface area contributed by atoms with Crippen molar-refractivity contribution in [3.63, 3.8) is 0 Å². The molecule has 2 heteroatoms. The predicted octanol–water partition coefficient (Wildman–Crippen LogP) is -0.330. The van der Waals surface area contributed by atoms with Gasteiger partial charge in [-0.05, 0) is 6.42 Å². The Bertz CT molecular complexity index is 64.1. The van der Waals surface area contributed by atoms with Crippen LogP contribution in [-0.2, 0) is 0 Å². The van der Waals surface area contributed by atoms with Gasteiger partial charge in [-0.25, -0.2) is 0 Å². The molecule has 0 aliphatic heterocycles. The summed E-state index contributed by atoms with van der Waals surface area (Å²) in [4.78, 5) is 0. The summed E-state index contributed by atoms with van der Waals surface area (Å²) in [5, 5.41) is 0. The van der Waals surface area contributed by atoms with Crippen LogP contribution in [0.2, 0.25) is 0 Å². The summed E-state index contributed by atoms with van der Waals surface area (Å²) >= 11 is 0. The summed E-state index contributed by atoms with van der Waals surface area (Å²) in [5.74, 6) is 4.11. The highest BCUT2D eigenvalue weighted by molar-refractivity contribution is 6.17. The van der Waals surface area contributed by atoms with Gasteiger partial charge in [-0.15, -0.1) is 12.0 Å². The van der Waals surface area contributed by atoms with Crippen molar-refractivity contribution in [2.45, 2.75) is 6.42 Å². The van der Waals surface area contributed by atoms with Gasteiger partial charge in [-0.1, -0.05) is 12.2 Å². The molecule has 0 aliphatic rings. The van der Waals surface area contributed by atoms with Crippen molar-refractivity contribution in [3.8, 4) is 0 Å². The normalized spacial score (nSPS) is 11.4. The third kappa shape index (κ3) is 5.61. The monoisotopic (exact) mass is 92.1 g/mol. The summed E-state index contributed by atoms with van der Waals surface area (Å²) in [6.07, 6.45) is 5.33. The Morgan fingerprint density at radius 1 is 1.00 bits per heavy atom.